The molecule has 0 aliphatic carbocycles. The van der Waals surface area contributed by atoms with E-state index in [9.17, 15) is 0 Å². The van der Waals surface area contributed by atoms with Crippen LogP contribution >= 0.6 is 0 Å². The number of aromatic nitrogens is 3. The van der Waals surface area contributed by atoms with Crippen LogP contribution in [0.5, 0.6) is 0 Å². The molecule has 1 saturated heterocycles. The minimum Gasteiger partial charge on any atom is -0.379 e. The molecule has 2 aromatic heterocycles. The zero-order chi connectivity index (χ0) is 19.2. The summed E-state index contributed by atoms with van der Waals surface area (Å²) in [6, 6.07) is 10.2. The lowest BCUT2D eigenvalue weighted by Gasteiger charge is -2.26. The number of anilines is 3. The van der Waals surface area contributed by atoms with Gasteiger partial charge in [0.1, 0.15) is 18.0 Å². The quantitative estimate of drug-likeness (QED) is 0.612. The molecule has 1 fully saturated rings. The van der Waals surface area contributed by atoms with Gasteiger partial charge in [0.15, 0.2) is 0 Å². The molecule has 0 radical (unpaired) electrons. The van der Waals surface area contributed by atoms with Crippen molar-refractivity contribution in [2.75, 3.05) is 50.0 Å². The second-order valence-corrected chi connectivity index (χ2v) is 7.04. The minimum absolute atomic E-state index is 0.766. The topological polar surface area (TPSA) is 75.2 Å². The number of fused-ring (bicyclic) bond motifs is 1. The Hall–Kier alpha value is -2.77. The average Bonchev–Trinajstić information content (AvgIpc) is 2.72. The molecule has 7 nitrogen and oxygen atoms in total. The van der Waals surface area contributed by atoms with Gasteiger partial charge in [-0.25, -0.2) is 15.0 Å². The van der Waals surface area contributed by atoms with E-state index in [2.05, 4.69) is 49.5 Å². The fraction of sp³-hybridized carbons (Fsp3) is 0.381. The Balaban J connectivity index is 1.38. The van der Waals surface area contributed by atoms with E-state index in [0.29, 0.717) is 0 Å². The number of morpholine rings is 1. The Morgan fingerprint density at radius 3 is 2.86 bits per heavy atom. The minimum atomic E-state index is 0.766. The summed E-state index contributed by atoms with van der Waals surface area (Å²) in [4.78, 5) is 15.8. The summed E-state index contributed by atoms with van der Waals surface area (Å²) in [5.74, 6) is 1.61. The Kier molecular flexibility index (Phi) is 5.94. The molecule has 4 rings (SSSR count). The monoisotopic (exact) mass is 378 g/mol. The van der Waals surface area contributed by atoms with Crippen LogP contribution in [0.2, 0.25) is 0 Å². The van der Waals surface area contributed by atoms with Gasteiger partial charge in [-0.1, -0.05) is 12.1 Å². The van der Waals surface area contributed by atoms with E-state index >= 15 is 0 Å². The van der Waals surface area contributed by atoms with Crippen LogP contribution in [-0.4, -0.2) is 59.2 Å². The normalized spacial score (nSPS) is 14.9. The van der Waals surface area contributed by atoms with E-state index in [1.807, 2.05) is 24.4 Å². The zero-order valence-corrected chi connectivity index (χ0v) is 16.2. The third-order valence-corrected chi connectivity index (χ3v) is 4.86. The summed E-state index contributed by atoms with van der Waals surface area (Å²) in [5, 5.41) is 7.68. The van der Waals surface area contributed by atoms with Crippen LogP contribution in [0.15, 0.2) is 42.9 Å². The van der Waals surface area contributed by atoms with E-state index in [0.717, 1.165) is 74.0 Å². The van der Waals surface area contributed by atoms with Gasteiger partial charge in [-0.15, -0.1) is 0 Å². The second-order valence-electron chi connectivity index (χ2n) is 7.04. The molecule has 146 valence electrons. The molecule has 3 aromatic rings. The molecule has 1 aliphatic heterocycles. The number of ether oxygens (including phenoxy) is 1. The lowest BCUT2D eigenvalue weighted by Crippen LogP contribution is -2.37. The summed E-state index contributed by atoms with van der Waals surface area (Å²) in [5.41, 5.74) is 3.08. The molecule has 0 unspecified atom stereocenters. The van der Waals surface area contributed by atoms with Crippen molar-refractivity contribution in [3.8, 4) is 0 Å². The van der Waals surface area contributed by atoms with Crippen LogP contribution in [-0.2, 0) is 4.74 Å². The average molecular weight is 378 g/mol. The predicted molar refractivity (Wildman–Crippen MR) is 112 cm³/mol. The number of rotatable bonds is 7. The Morgan fingerprint density at radius 1 is 1.11 bits per heavy atom. The summed E-state index contributed by atoms with van der Waals surface area (Å²) >= 11 is 0. The SMILES string of the molecule is Cc1cccc(Nc2ncnc3cc(NCCCN4CCOCC4)ncc23)c1. The molecule has 3 heterocycles. The van der Waals surface area contributed by atoms with Gasteiger partial charge >= 0.3 is 0 Å². The Morgan fingerprint density at radius 2 is 2.00 bits per heavy atom. The maximum Gasteiger partial charge on any atom is 0.143 e. The molecule has 0 amide bonds. The largest absolute Gasteiger partial charge is 0.379 e. The Bertz CT molecular complexity index is 926. The van der Waals surface area contributed by atoms with Gasteiger partial charge in [0.05, 0.1) is 24.1 Å². The highest BCUT2D eigenvalue weighted by molar-refractivity contribution is 5.91. The summed E-state index contributed by atoms with van der Waals surface area (Å²) in [6.07, 6.45) is 4.49. The van der Waals surface area contributed by atoms with Crippen molar-refractivity contribution in [2.45, 2.75) is 13.3 Å². The van der Waals surface area contributed by atoms with Gasteiger partial charge < -0.3 is 15.4 Å². The molecule has 2 N–H and O–H groups in total. The van der Waals surface area contributed by atoms with Crippen LogP contribution < -0.4 is 10.6 Å². The zero-order valence-electron chi connectivity index (χ0n) is 16.2. The number of pyridine rings is 1. The van der Waals surface area contributed by atoms with E-state index in [4.69, 9.17) is 4.74 Å². The first-order valence-corrected chi connectivity index (χ1v) is 9.76. The molecule has 1 aromatic carbocycles. The maximum atomic E-state index is 5.38. The van der Waals surface area contributed by atoms with E-state index in [1.54, 1.807) is 6.33 Å². The lowest BCUT2D eigenvalue weighted by atomic mass is 10.2. The van der Waals surface area contributed by atoms with Gasteiger partial charge in [0.25, 0.3) is 0 Å². The third kappa shape index (κ3) is 4.74. The highest BCUT2D eigenvalue weighted by Gasteiger charge is 2.10. The smallest absolute Gasteiger partial charge is 0.143 e. The van der Waals surface area contributed by atoms with Crippen molar-refractivity contribution in [1.29, 1.82) is 0 Å². The maximum absolute atomic E-state index is 5.38. The fourth-order valence-corrected chi connectivity index (χ4v) is 3.35. The van der Waals surface area contributed by atoms with Gasteiger partial charge in [-0.05, 0) is 37.6 Å². The molecule has 0 atom stereocenters. The summed E-state index contributed by atoms with van der Waals surface area (Å²) < 4.78 is 5.38. The predicted octanol–water partition coefficient (Wildman–Crippen LogP) is 3.21. The first-order chi connectivity index (χ1) is 13.8. The van der Waals surface area contributed by atoms with Crippen molar-refractivity contribution in [1.82, 2.24) is 19.9 Å². The van der Waals surface area contributed by atoms with E-state index < -0.39 is 0 Å². The van der Waals surface area contributed by atoms with E-state index in [1.165, 1.54) is 5.56 Å². The van der Waals surface area contributed by atoms with Crippen molar-refractivity contribution in [3.63, 3.8) is 0 Å². The van der Waals surface area contributed by atoms with Crippen LogP contribution in [0, 0.1) is 6.92 Å². The molecule has 0 bridgehead atoms. The summed E-state index contributed by atoms with van der Waals surface area (Å²) in [6.45, 7) is 7.79. The third-order valence-electron chi connectivity index (χ3n) is 4.86. The van der Waals surface area contributed by atoms with Crippen LogP contribution in [0.4, 0.5) is 17.3 Å². The molecular weight excluding hydrogens is 352 g/mol. The molecule has 0 saturated carbocycles. The number of aryl methyl sites for hydroxylation is 1. The fourth-order valence-electron chi connectivity index (χ4n) is 3.35. The summed E-state index contributed by atoms with van der Waals surface area (Å²) in [7, 11) is 0. The molecule has 7 heteroatoms. The van der Waals surface area contributed by atoms with Gasteiger partial charge in [-0.2, -0.15) is 0 Å². The highest BCUT2D eigenvalue weighted by Crippen LogP contribution is 2.24. The van der Waals surface area contributed by atoms with Crippen LogP contribution in [0.25, 0.3) is 10.9 Å². The first-order valence-electron chi connectivity index (χ1n) is 9.76. The number of nitrogens with one attached hydrogen (secondary N) is 2. The molecule has 28 heavy (non-hydrogen) atoms. The van der Waals surface area contributed by atoms with Crippen molar-refractivity contribution in [2.24, 2.45) is 0 Å². The van der Waals surface area contributed by atoms with Crippen molar-refractivity contribution < 1.29 is 4.74 Å². The highest BCUT2D eigenvalue weighted by atomic mass is 16.5. The van der Waals surface area contributed by atoms with Crippen molar-refractivity contribution in [3.05, 3.63) is 48.4 Å². The van der Waals surface area contributed by atoms with E-state index in [-0.39, 0.29) is 0 Å². The molecule has 1 aliphatic rings. The number of hydrogen-bond donors (Lipinski definition) is 2. The number of benzene rings is 1. The Labute approximate surface area is 165 Å². The van der Waals surface area contributed by atoms with Gasteiger partial charge in [0.2, 0.25) is 0 Å². The second kappa shape index (κ2) is 8.95. The van der Waals surface area contributed by atoms with Gasteiger partial charge in [0, 0.05) is 37.6 Å². The van der Waals surface area contributed by atoms with Crippen LogP contribution in [0.1, 0.15) is 12.0 Å². The lowest BCUT2D eigenvalue weighted by molar-refractivity contribution is 0.0378. The molecule has 0 spiro atoms. The number of nitrogens with zero attached hydrogens (tertiary/aromatic N) is 4. The first kappa shape index (κ1) is 18.6. The number of hydrogen-bond acceptors (Lipinski definition) is 7. The standard InChI is InChI=1S/C21H26N6O/c1-16-4-2-5-17(12-16)26-21-18-14-23-20(13-19(18)24-15-25-21)22-6-3-7-27-8-10-28-11-9-27/h2,4-5,12-15H,3,6-11H2,1H3,(H,22,23)(H,24,25,26). The van der Waals surface area contributed by atoms with Crippen LogP contribution in [0.3, 0.4) is 0 Å². The molecular formula is C21H26N6O. The van der Waals surface area contributed by atoms with Gasteiger partial charge in [-0.3, -0.25) is 4.90 Å². The van der Waals surface area contributed by atoms with Crippen molar-refractivity contribution >= 4 is 28.2 Å².